The Kier molecular flexibility index (Phi) is 4.93. The number of para-hydroxylation sites is 1. The summed E-state index contributed by atoms with van der Waals surface area (Å²) in [6.07, 6.45) is 1.34. The minimum Gasteiger partial charge on any atom is -0.340 e. The number of carbonyl (C=O) groups is 1. The number of hydrogen-bond acceptors (Lipinski definition) is 3. The first-order valence-electron chi connectivity index (χ1n) is 8.00. The lowest BCUT2D eigenvalue weighted by Crippen LogP contribution is -2.14. The minimum absolute atomic E-state index is 0.193. The smallest absolute Gasteiger partial charge is 0.257 e. The van der Waals surface area contributed by atoms with Gasteiger partial charge in [0.25, 0.3) is 5.91 Å². The molecule has 3 rings (SSSR count). The molecule has 0 unspecified atom stereocenters. The zero-order valence-electron chi connectivity index (χ0n) is 14.3. The van der Waals surface area contributed by atoms with E-state index >= 15 is 0 Å². The highest BCUT2D eigenvalue weighted by Gasteiger charge is 2.13. The maximum atomic E-state index is 13.6. The van der Waals surface area contributed by atoms with Gasteiger partial charge in [-0.3, -0.25) is 4.79 Å². The standard InChI is InChI=1S/C20H17F2N3O/c1-12-6-8-15(10-13(12)2)24-18-9-7-14(11-23-18)20(26)25-19-16(21)4-3-5-17(19)22/h3-11H,1-2H3,(H,23,24)(H,25,26). The molecule has 0 saturated carbocycles. The largest absolute Gasteiger partial charge is 0.340 e. The average molecular weight is 353 g/mol. The molecule has 2 N–H and O–H groups in total. The summed E-state index contributed by atoms with van der Waals surface area (Å²) in [4.78, 5) is 16.3. The SMILES string of the molecule is Cc1ccc(Nc2ccc(C(=O)Nc3c(F)cccc3F)cn2)cc1C. The first kappa shape index (κ1) is 17.5. The van der Waals surface area contributed by atoms with Crippen LogP contribution in [-0.4, -0.2) is 10.9 Å². The van der Waals surface area contributed by atoms with Gasteiger partial charge in [0.05, 0.1) is 5.56 Å². The Hall–Kier alpha value is -3.28. The second-order valence-corrected chi connectivity index (χ2v) is 5.91. The molecule has 3 aromatic rings. The fraction of sp³-hybridized carbons (Fsp3) is 0.100. The molecule has 0 aliphatic heterocycles. The third-order valence-electron chi connectivity index (χ3n) is 4.01. The molecule has 1 aromatic heterocycles. The van der Waals surface area contributed by atoms with E-state index in [1.165, 1.54) is 23.9 Å². The number of nitrogens with one attached hydrogen (secondary N) is 2. The summed E-state index contributed by atoms with van der Waals surface area (Å²) >= 11 is 0. The molecular formula is C20H17F2N3O. The van der Waals surface area contributed by atoms with Gasteiger partial charge in [0, 0.05) is 11.9 Å². The molecule has 0 bridgehead atoms. The van der Waals surface area contributed by atoms with Gasteiger partial charge < -0.3 is 10.6 Å². The first-order valence-corrected chi connectivity index (χ1v) is 8.00. The number of aryl methyl sites for hydroxylation is 2. The van der Waals surface area contributed by atoms with Crippen molar-refractivity contribution >= 4 is 23.1 Å². The van der Waals surface area contributed by atoms with Crippen LogP contribution in [-0.2, 0) is 0 Å². The number of benzene rings is 2. The Bertz CT molecular complexity index is 936. The number of rotatable bonds is 4. The van der Waals surface area contributed by atoms with Gasteiger partial charge in [-0.2, -0.15) is 0 Å². The highest BCUT2D eigenvalue weighted by atomic mass is 19.1. The molecular weight excluding hydrogens is 336 g/mol. The fourth-order valence-corrected chi connectivity index (χ4v) is 2.37. The Labute approximate surface area is 149 Å². The summed E-state index contributed by atoms with van der Waals surface area (Å²) in [5, 5.41) is 5.37. The molecule has 1 amide bonds. The molecule has 2 aromatic carbocycles. The van der Waals surface area contributed by atoms with Crippen molar-refractivity contribution in [1.29, 1.82) is 0 Å². The zero-order valence-corrected chi connectivity index (χ0v) is 14.3. The van der Waals surface area contributed by atoms with E-state index in [4.69, 9.17) is 0 Å². The van der Waals surface area contributed by atoms with Gasteiger partial charge in [0.1, 0.15) is 23.1 Å². The van der Waals surface area contributed by atoms with Crippen molar-refractivity contribution in [3.63, 3.8) is 0 Å². The average Bonchev–Trinajstić information content (AvgIpc) is 2.62. The van der Waals surface area contributed by atoms with Crippen LogP contribution in [0.15, 0.2) is 54.7 Å². The number of hydrogen-bond donors (Lipinski definition) is 2. The molecule has 0 spiro atoms. The molecule has 0 atom stereocenters. The summed E-state index contributed by atoms with van der Waals surface area (Å²) in [5.41, 5.74) is 2.94. The van der Waals surface area contributed by atoms with E-state index in [0.717, 1.165) is 23.4 Å². The van der Waals surface area contributed by atoms with Crippen molar-refractivity contribution in [3.8, 4) is 0 Å². The lowest BCUT2D eigenvalue weighted by Gasteiger charge is -2.10. The normalized spacial score (nSPS) is 10.5. The van der Waals surface area contributed by atoms with Crippen molar-refractivity contribution in [2.75, 3.05) is 10.6 Å². The van der Waals surface area contributed by atoms with Gasteiger partial charge in [-0.25, -0.2) is 13.8 Å². The summed E-state index contributed by atoms with van der Waals surface area (Å²) < 4.78 is 27.2. The lowest BCUT2D eigenvalue weighted by atomic mass is 10.1. The van der Waals surface area contributed by atoms with Gasteiger partial charge in [-0.1, -0.05) is 12.1 Å². The summed E-state index contributed by atoms with van der Waals surface area (Å²) in [6, 6.07) is 12.5. The predicted octanol–water partition coefficient (Wildman–Crippen LogP) is 4.97. The molecule has 0 radical (unpaired) electrons. The Morgan fingerprint density at radius 1 is 0.962 bits per heavy atom. The van der Waals surface area contributed by atoms with E-state index in [0.29, 0.717) is 5.82 Å². The van der Waals surface area contributed by atoms with Crippen molar-refractivity contribution in [2.45, 2.75) is 13.8 Å². The highest BCUT2D eigenvalue weighted by molar-refractivity contribution is 6.04. The third-order valence-corrected chi connectivity index (χ3v) is 4.01. The monoisotopic (exact) mass is 353 g/mol. The Balaban J connectivity index is 1.72. The van der Waals surface area contributed by atoms with E-state index in [9.17, 15) is 13.6 Å². The van der Waals surface area contributed by atoms with Crippen LogP contribution in [0.25, 0.3) is 0 Å². The predicted molar refractivity (Wildman–Crippen MR) is 97.7 cm³/mol. The van der Waals surface area contributed by atoms with Gasteiger partial charge >= 0.3 is 0 Å². The van der Waals surface area contributed by atoms with Crippen LogP contribution in [0.1, 0.15) is 21.5 Å². The van der Waals surface area contributed by atoms with Gasteiger partial charge in [0.15, 0.2) is 0 Å². The number of pyridine rings is 1. The van der Waals surface area contributed by atoms with E-state index < -0.39 is 23.2 Å². The molecule has 26 heavy (non-hydrogen) atoms. The number of nitrogens with zero attached hydrogens (tertiary/aromatic N) is 1. The van der Waals surface area contributed by atoms with Crippen molar-refractivity contribution in [1.82, 2.24) is 4.98 Å². The molecule has 132 valence electrons. The van der Waals surface area contributed by atoms with Crippen LogP contribution in [0.2, 0.25) is 0 Å². The number of anilines is 3. The molecule has 4 nitrogen and oxygen atoms in total. The fourth-order valence-electron chi connectivity index (χ4n) is 2.37. The van der Waals surface area contributed by atoms with Crippen LogP contribution in [0.4, 0.5) is 26.0 Å². The lowest BCUT2D eigenvalue weighted by molar-refractivity contribution is 0.102. The summed E-state index contributed by atoms with van der Waals surface area (Å²) in [5.74, 6) is -1.75. The second kappa shape index (κ2) is 7.31. The van der Waals surface area contributed by atoms with Crippen molar-refractivity contribution < 1.29 is 13.6 Å². The number of aromatic nitrogens is 1. The summed E-state index contributed by atoms with van der Waals surface area (Å²) in [6.45, 7) is 4.05. The van der Waals surface area contributed by atoms with Crippen LogP contribution < -0.4 is 10.6 Å². The Morgan fingerprint density at radius 3 is 2.31 bits per heavy atom. The number of carbonyl (C=O) groups excluding carboxylic acids is 1. The van der Waals surface area contributed by atoms with Gasteiger partial charge in [-0.05, 0) is 61.4 Å². The van der Waals surface area contributed by atoms with E-state index in [1.54, 1.807) is 6.07 Å². The highest BCUT2D eigenvalue weighted by Crippen LogP contribution is 2.20. The van der Waals surface area contributed by atoms with Crippen LogP contribution in [0.5, 0.6) is 0 Å². The molecule has 0 aliphatic rings. The Morgan fingerprint density at radius 2 is 1.69 bits per heavy atom. The molecule has 0 saturated heterocycles. The topological polar surface area (TPSA) is 54.0 Å². The zero-order chi connectivity index (χ0) is 18.7. The molecule has 0 aliphatic carbocycles. The van der Waals surface area contributed by atoms with Gasteiger partial charge in [-0.15, -0.1) is 0 Å². The van der Waals surface area contributed by atoms with E-state index in [2.05, 4.69) is 15.6 Å². The molecule has 0 fully saturated rings. The number of halogens is 2. The maximum Gasteiger partial charge on any atom is 0.257 e. The second-order valence-electron chi connectivity index (χ2n) is 5.91. The molecule has 1 heterocycles. The maximum absolute atomic E-state index is 13.6. The molecule has 6 heteroatoms. The third kappa shape index (κ3) is 3.85. The first-order chi connectivity index (χ1) is 12.4. The van der Waals surface area contributed by atoms with Crippen molar-refractivity contribution in [2.24, 2.45) is 0 Å². The van der Waals surface area contributed by atoms with Gasteiger partial charge in [0.2, 0.25) is 0 Å². The quantitative estimate of drug-likeness (QED) is 0.696. The van der Waals surface area contributed by atoms with Crippen LogP contribution in [0, 0.1) is 25.5 Å². The number of amides is 1. The van der Waals surface area contributed by atoms with Crippen LogP contribution in [0.3, 0.4) is 0 Å². The summed E-state index contributed by atoms with van der Waals surface area (Å²) in [7, 11) is 0. The minimum atomic E-state index is -0.834. The van der Waals surface area contributed by atoms with Crippen molar-refractivity contribution in [3.05, 3.63) is 83.1 Å². The van der Waals surface area contributed by atoms with E-state index in [1.807, 2.05) is 32.0 Å². The van der Waals surface area contributed by atoms with E-state index in [-0.39, 0.29) is 5.56 Å². The van der Waals surface area contributed by atoms with Crippen LogP contribution >= 0.6 is 0 Å².